The number of alkyl halides is 3. The van der Waals surface area contributed by atoms with Crippen LogP contribution in [0.25, 0.3) is 0 Å². The quantitative estimate of drug-likeness (QED) is 0.519. The molecule has 1 N–H and O–H groups in total. The van der Waals surface area contributed by atoms with Crippen LogP contribution in [0.4, 0.5) is 24.0 Å². The molecule has 1 aliphatic heterocycles. The number of halogens is 3. The molecule has 1 aliphatic rings. The van der Waals surface area contributed by atoms with Crippen LogP contribution in [-0.2, 0) is 14.8 Å². The lowest BCUT2D eigenvalue weighted by Gasteiger charge is -2.18. The summed E-state index contributed by atoms with van der Waals surface area (Å²) in [7, 11) is -3.83. The lowest BCUT2D eigenvalue weighted by atomic mass is 10.3. The third-order valence-corrected chi connectivity index (χ3v) is 6.76. The maximum absolute atomic E-state index is 12.8. The third kappa shape index (κ3) is 5.54. The number of anilines is 2. The Balaban J connectivity index is 0.00000324. The van der Waals surface area contributed by atoms with Crippen LogP contribution in [0.5, 0.6) is 11.5 Å². The molecule has 1 saturated heterocycles. The van der Waals surface area contributed by atoms with Crippen molar-refractivity contribution in [2.45, 2.75) is 23.8 Å². The Morgan fingerprint density at radius 2 is 1.88 bits per heavy atom. The van der Waals surface area contributed by atoms with Gasteiger partial charge in [-0.1, -0.05) is 6.07 Å². The Bertz CT molecular complexity index is 1240. The van der Waals surface area contributed by atoms with Crippen molar-refractivity contribution < 1.29 is 37.3 Å². The molecule has 2 heterocycles. The van der Waals surface area contributed by atoms with E-state index in [0.717, 1.165) is 23.5 Å². The summed E-state index contributed by atoms with van der Waals surface area (Å²) < 4.78 is 73.9. The molecule has 13 heteroatoms. The summed E-state index contributed by atoms with van der Waals surface area (Å²) in [5.74, 6) is -0.786. The first-order chi connectivity index (χ1) is 15.6. The van der Waals surface area contributed by atoms with E-state index in [4.69, 9.17) is 4.74 Å². The molecular formula is C20H18F3N3O5S2. The highest BCUT2D eigenvalue weighted by atomic mass is 32.2. The van der Waals surface area contributed by atoms with Crippen LogP contribution in [0.1, 0.15) is 7.85 Å². The van der Waals surface area contributed by atoms with Gasteiger partial charge in [-0.2, -0.15) is 0 Å². The first kappa shape index (κ1) is 22.9. The van der Waals surface area contributed by atoms with E-state index in [2.05, 4.69) is 14.4 Å². The molecule has 0 spiro atoms. The van der Waals surface area contributed by atoms with E-state index in [-0.39, 0.29) is 17.2 Å². The smallest absolute Gasteiger partial charge is 0.480 e. The number of carbonyl (C=O) groups excluding carboxylic acids is 1. The molecule has 1 atom stereocenters. The summed E-state index contributed by atoms with van der Waals surface area (Å²) in [6.45, 7) is 0.297. The van der Waals surface area contributed by atoms with Gasteiger partial charge in [-0.15, -0.1) is 24.5 Å². The Morgan fingerprint density at radius 3 is 2.55 bits per heavy atom. The van der Waals surface area contributed by atoms with E-state index in [0.29, 0.717) is 18.7 Å². The molecule has 1 amide bonds. The zero-order valence-electron chi connectivity index (χ0n) is 16.7. The predicted octanol–water partition coefficient (Wildman–Crippen LogP) is 4.27. The maximum Gasteiger partial charge on any atom is 0.573 e. The Hall–Kier alpha value is -3.32. The highest BCUT2D eigenvalue weighted by Crippen LogP contribution is 2.30. The minimum Gasteiger partial charge on any atom is -0.480 e. The summed E-state index contributed by atoms with van der Waals surface area (Å²) in [5, 5.41) is 1.87. The summed E-state index contributed by atoms with van der Waals surface area (Å²) in [6, 6.07) is 10.7. The molecule has 0 saturated carbocycles. The Kier molecular flexibility index (Phi) is 6.17. The average molecular weight is 502 g/mol. The number of aromatic nitrogens is 1. The van der Waals surface area contributed by atoms with Gasteiger partial charge in [0.15, 0.2) is 11.2 Å². The molecule has 1 aromatic heterocycles. The van der Waals surface area contributed by atoms with Gasteiger partial charge in [-0.05, 0) is 36.4 Å². The molecular weight excluding hydrogens is 483 g/mol. The van der Waals surface area contributed by atoms with Crippen molar-refractivity contribution in [3.8, 4) is 11.5 Å². The van der Waals surface area contributed by atoms with Crippen LogP contribution in [0, 0.1) is 0 Å². The van der Waals surface area contributed by atoms with Gasteiger partial charge in [0.05, 0.1) is 4.90 Å². The predicted molar refractivity (Wildman–Crippen MR) is 116 cm³/mol. The number of nitrogens with one attached hydrogen (secondary N) is 1. The summed E-state index contributed by atoms with van der Waals surface area (Å²) in [6.07, 6.45) is -3.97. The van der Waals surface area contributed by atoms with E-state index in [1.165, 1.54) is 47.5 Å². The molecule has 33 heavy (non-hydrogen) atoms. The second kappa shape index (κ2) is 8.90. The number of thiazole rings is 1. The van der Waals surface area contributed by atoms with Crippen LogP contribution >= 0.6 is 11.3 Å². The van der Waals surface area contributed by atoms with Crippen LogP contribution in [0.2, 0.25) is 0 Å². The number of nitrogens with zero attached hydrogens (tertiary/aromatic N) is 2. The number of rotatable bonds is 7. The number of amides is 1. The fourth-order valence-corrected chi connectivity index (χ4v) is 4.97. The number of sulfonamides is 1. The summed E-state index contributed by atoms with van der Waals surface area (Å²) >= 11 is 1.14. The Labute approximate surface area is 192 Å². The molecule has 1 unspecified atom stereocenters. The van der Waals surface area contributed by atoms with Crippen LogP contribution in [0.15, 0.2) is 65.0 Å². The average Bonchev–Trinajstić information content (AvgIpc) is 3.37. The van der Waals surface area contributed by atoms with Crippen molar-refractivity contribution in [3.05, 3.63) is 60.1 Å². The zero-order chi connectivity index (χ0) is 23.6. The van der Waals surface area contributed by atoms with Crippen molar-refractivity contribution in [2.24, 2.45) is 0 Å². The Morgan fingerprint density at radius 1 is 1.15 bits per heavy atom. The molecule has 2 aromatic carbocycles. The molecule has 4 rings (SSSR count). The monoisotopic (exact) mass is 501 g/mol. The normalized spacial score (nSPS) is 16.6. The van der Waals surface area contributed by atoms with Crippen molar-refractivity contribution in [3.63, 3.8) is 0 Å². The number of benzene rings is 2. The molecule has 0 bridgehead atoms. The molecule has 176 valence electrons. The molecule has 1 fully saturated rings. The van der Waals surface area contributed by atoms with Gasteiger partial charge in [0, 0.05) is 37.7 Å². The molecule has 0 radical (unpaired) electrons. The highest BCUT2D eigenvalue weighted by Gasteiger charge is 2.35. The lowest BCUT2D eigenvalue weighted by molar-refractivity contribution is -0.274. The van der Waals surface area contributed by atoms with Crippen molar-refractivity contribution in [1.82, 2.24) is 4.98 Å². The van der Waals surface area contributed by atoms with Crippen LogP contribution in [-0.4, -0.2) is 38.3 Å². The van der Waals surface area contributed by atoms with Gasteiger partial charge < -0.3 is 14.4 Å². The second-order valence-corrected chi connectivity index (χ2v) is 9.42. The van der Waals surface area contributed by atoms with Crippen LogP contribution in [0.3, 0.4) is 0 Å². The second-order valence-electron chi connectivity index (χ2n) is 6.84. The minimum absolute atomic E-state index is 0. The molecule has 8 nitrogen and oxygen atoms in total. The van der Waals surface area contributed by atoms with E-state index in [9.17, 15) is 26.4 Å². The van der Waals surface area contributed by atoms with E-state index < -0.39 is 34.1 Å². The van der Waals surface area contributed by atoms with E-state index in [1.54, 1.807) is 5.38 Å². The number of carbonyl (C=O) groups is 1. The fraction of sp³-hybridized carbons (Fsp3) is 0.200. The third-order valence-electron chi connectivity index (χ3n) is 4.59. The van der Waals surface area contributed by atoms with Gasteiger partial charge in [0.2, 0.25) is 0 Å². The first-order valence-corrected chi connectivity index (χ1v) is 11.8. The van der Waals surface area contributed by atoms with Gasteiger partial charge in [-0.3, -0.25) is 9.52 Å². The van der Waals surface area contributed by atoms with Gasteiger partial charge in [0.1, 0.15) is 11.5 Å². The van der Waals surface area contributed by atoms with Gasteiger partial charge in [-0.25, -0.2) is 13.4 Å². The number of ether oxygens (including phenoxy) is 2. The molecule has 0 aliphatic carbocycles. The largest absolute Gasteiger partial charge is 0.573 e. The van der Waals surface area contributed by atoms with Gasteiger partial charge in [0.25, 0.3) is 15.9 Å². The van der Waals surface area contributed by atoms with E-state index >= 15 is 0 Å². The fourth-order valence-electron chi connectivity index (χ4n) is 3.18. The maximum atomic E-state index is 12.8. The minimum atomic E-state index is -4.84. The molecule has 3 aromatic rings. The van der Waals surface area contributed by atoms with Crippen LogP contribution < -0.4 is 19.1 Å². The SMILES string of the molecule is O=C1C(Oc2cccc(OC(F)(F)F)c2)CCN1c1ccc(S(=O)(=O)Nc2nccs2)cc1.[HH]. The number of hydrogen-bond donors (Lipinski definition) is 1. The van der Waals surface area contributed by atoms with E-state index in [1.807, 2.05) is 0 Å². The topological polar surface area (TPSA) is 97.8 Å². The van der Waals surface area contributed by atoms with Crippen molar-refractivity contribution in [1.29, 1.82) is 0 Å². The standard InChI is InChI=1S/C20H16F3N3O5S2.H2/c21-20(22,23)31-15-3-1-2-14(12-15)30-17-8-10-26(18(17)27)13-4-6-16(7-5-13)33(28,29)25-19-24-9-11-32-19;/h1-7,9,11-12,17H,8,10H2,(H,24,25);1H. The van der Waals surface area contributed by atoms with Gasteiger partial charge >= 0.3 is 6.36 Å². The van der Waals surface area contributed by atoms with Crippen molar-refractivity contribution in [2.75, 3.05) is 16.2 Å². The first-order valence-electron chi connectivity index (χ1n) is 9.47. The van der Waals surface area contributed by atoms with Crippen molar-refractivity contribution >= 4 is 38.1 Å². The summed E-state index contributed by atoms with van der Waals surface area (Å²) in [5.41, 5.74) is 0.466. The zero-order valence-corrected chi connectivity index (χ0v) is 18.3. The lowest BCUT2D eigenvalue weighted by Crippen LogP contribution is -2.32. The highest BCUT2D eigenvalue weighted by molar-refractivity contribution is 7.93. The number of hydrogen-bond acceptors (Lipinski definition) is 7. The summed E-state index contributed by atoms with van der Waals surface area (Å²) in [4.78, 5) is 18.1.